The first-order chi connectivity index (χ1) is 7.61. The van der Waals surface area contributed by atoms with E-state index in [1.54, 1.807) is 6.92 Å². The molecule has 2 atom stereocenters. The largest absolute Gasteiger partial charge is 0.448 e. The van der Waals surface area contributed by atoms with Gasteiger partial charge in [0.25, 0.3) is 0 Å². The van der Waals surface area contributed by atoms with Crippen LogP contribution in [0, 0.1) is 5.41 Å². The molecule has 3 N–H and O–H groups in total. The highest BCUT2D eigenvalue weighted by Gasteiger charge is 2.16. The minimum atomic E-state index is -0.332. The third-order valence-electron chi connectivity index (χ3n) is 1.99. The third-order valence-corrected chi connectivity index (χ3v) is 2.50. The van der Waals surface area contributed by atoms with Crippen LogP contribution in [0.2, 0.25) is 0 Å². The normalized spacial score (nSPS) is 11.9. The van der Waals surface area contributed by atoms with Gasteiger partial charge >= 0.3 is 5.97 Å². The van der Waals surface area contributed by atoms with Crippen LogP contribution < -0.4 is 10.4 Å². The summed E-state index contributed by atoms with van der Waals surface area (Å²) in [4.78, 5) is 11.3. The van der Waals surface area contributed by atoms with Gasteiger partial charge in [0.1, 0.15) is 6.04 Å². The van der Waals surface area contributed by atoms with E-state index in [2.05, 4.69) is 19.8 Å². The van der Waals surface area contributed by atoms with Crippen LogP contribution in [0.4, 0.5) is 0 Å². The highest BCUT2D eigenvalue weighted by atomic mass is 35.5. The zero-order valence-corrected chi connectivity index (χ0v) is 11.3. The molecule has 0 saturated carbocycles. The number of hydrogen-bond acceptors (Lipinski definition) is 4. The SMILES string of the molecule is CC(=N)NCCCC[C@H](NP)C(=O)OCCl. The van der Waals surface area contributed by atoms with Gasteiger partial charge in [-0.15, -0.1) is 0 Å². The van der Waals surface area contributed by atoms with E-state index in [4.69, 9.17) is 21.7 Å². The smallest absolute Gasteiger partial charge is 0.324 e. The monoisotopic (exact) mass is 267 g/mol. The lowest BCUT2D eigenvalue weighted by Crippen LogP contribution is -2.32. The van der Waals surface area contributed by atoms with Crippen molar-refractivity contribution in [3.63, 3.8) is 0 Å². The van der Waals surface area contributed by atoms with E-state index in [1.807, 2.05) is 0 Å². The Labute approximate surface area is 103 Å². The fourth-order valence-corrected chi connectivity index (χ4v) is 1.58. The molecule has 5 nitrogen and oxygen atoms in total. The first kappa shape index (κ1) is 15.6. The summed E-state index contributed by atoms with van der Waals surface area (Å²) >= 11 is 5.30. The summed E-state index contributed by atoms with van der Waals surface area (Å²) in [5.41, 5.74) is 0. The van der Waals surface area contributed by atoms with Gasteiger partial charge in [0.15, 0.2) is 6.07 Å². The van der Waals surface area contributed by atoms with Gasteiger partial charge in [-0.05, 0) is 26.2 Å². The van der Waals surface area contributed by atoms with Gasteiger partial charge in [-0.3, -0.25) is 15.3 Å². The maximum absolute atomic E-state index is 11.3. The van der Waals surface area contributed by atoms with E-state index < -0.39 is 0 Å². The van der Waals surface area contributed by atoms with Crippen molar-refractivity contribution in [1.82, 2.24) is 10.4 Å². The topological polar surface area (TPSA) is 74.2 Å². The molecule has 0 aromatic heterocycles. The van der Waals surface area contributed by atoms with Crippen LogP contribution in [-0.2, 0) is 9.53 Å². The molecule has 0 aliphatic heterocycles. The quantitative estimate of drug-likeness (QED) is 0.154. The minimum Gasteiger partial charge on any atom is -0.448 e. The molecule has 0 aliphatic carbocycles. The Balaban J connectivity index is 3.62. The lowest BCUT2D eigenvalue weighted by molar-refractivity contribution is -0.143. The number of alkyl halides is 1. The van der Waals surface area contributed by atoms with E-state index in [0.717, 1.165) is 19.4 Å². The Morgan fingerprint density at radius 2 is 2.25 bits per heavy atom. The lowest BCUT2D eigenvalue weighted by Gasteiger charge is -2.13. The number of rotatable bonds is 8. The number of carbonyl (C=O) groups is 1. The number of carbonyl (C=O) groups excluding carboxylic acids is 1. The van der Waals surface area contributed by atoms with Crippen LogP contribution in [-0.4, -0.2) is 30.5 Å². The van der Waals surface area contributed by atoms with Gasteiger partial charge in [-0.2, -0.15) is 0 Å². The highest BCUT2D eigenvalue weighted by molar-refractivity contribution is 7.13. The Kier molecular flexibility index (Phi) is 9.59. The van der Waals surface area contributed by atoms with Gasteiger partial charge in [-0.25, -0.2) is 0 Å². The average molecular weight is 268 g/mol. The summed E-state index contributed by atoms with van der Waals surface area (Å²) in [5.74, 6) is 0.128. The Bertz CT molecular complexity index is 229. The zero-order valence-electron chi connectivity index (χ0n) is 9.38. The number of unbranched alkanes of at least 4 members (excludes halogenated alkanes) is 1. The molecule has 0 aromatic rings. The summed E-state index contributed by atoms with van der Waals surface area (Å²) in [6.07, 6.45) is 2.48. The molecule has 0 spiro atoms. The predicted octanol–water partition coefficient (Wildman–Crippen LogP) is 1.23. The van der Waals surface area contributed by atoms with Gasteiger partial charge in [0.05, 0.1) is 5.84 Å². The van der Waals surface area contributed by atoms with E-state index in [1.165, 1.54) is 0 Å². The molecule has 1 unspecified atom stereocenters. The fraction of sp³-hybridized carbons (Fsp3) is 0.778. The van der Waals surface area contributed by atoms with E-state index in [-0.39, 0.29) is 18.1 Å². The van der Waals surface area contributed by atoms with Gasteiger partial charge in [0, 0.05) is 6.54 Å². The third kappa shape index (κ3) is 7.85. The summed E-state index contributed by atoms with van der Waals surface area (Å²) < 4.78 is 4.69. The summed E-state index contributed by atoms with van der Waals surface area (Å²) in [7, 11) is 2.31. The lowest BCUT2D eigenvalue weighted by atomic mass is 10.1. The standard InChI is InChI=1S/C9H19ClN3O2P/c1-7(11)12-5-3-2-4-8(13-16)9(14)15-6-10/h8,13H,2-6,16H2,1H3,(H2,11,12)/t8-/m0/s1. The van der Waals surface area contributed by atoms with Gasteiger partial charge < -0.3 is 10.1 Å². The molecule has 16 heavy (non-hydrogen) atoms. The van der Waals surface area contributed by atoms with E-state index in [0.29, 0.717) is 12.3 Å². The molecule has 0 aromatic carbocycles. The molecule has 7 heteroatoms. The van der Waals surface area contributed by atoms with Crippen molar-refractivity contribution in [2.75, 3.05) is 12.6 Å². The van der Waals surface area contributed by atoms with Crippen molar-refractivity contribution in [2.45, 2.75) is 32.2 Å². The Morgan fingerprint density at radius 3 is 2.75 bits per heavy atom. The second-order valence-electron chi connectivity index (χ2n) is 3.34. The van der Waals surface area contributed by atoms with E-state index in [9.17, 15) is 4.79 Å². The molecule has 0 radical (unpaired) electrons. The number of hydrogen-bond donors (Lipinski definition) is 3. The van der Waals surface area contributed by atoms with Crippen molar-refractivity contribution < 1.29 is 9.53 Å². The fourth-order valence-electron chi connectivity index (χ4n) is 1.17. The number of nitrogens with one attached hydrogen (secondary N) is 3. The van der Waals surface area contributed by atoms with Gasteiger partial charge in [0.2, 0.25) is 0 Å². The van der Waals surface area contributed by atoms with Crippen molar-refractivity contribution in [2.24, 2.45) is 0 Å². The Morgan fingerprint density at radius 1 is 1.56 bits per heavy atom. The molecule has 0 rings (SSSR count). The van der Waals surface area contributed by atoms with Crippen LogP contribution >= 0.6 is 21.0 Å². The number of esters is 1. The van der Waals surface area contributed by atoms with Gasteiger partial charge in [-0.1, -0.05) is 21.0 Å². The van der Waals surface area contributed by atoms with Crippen LogP contribution in [0.25, 0.3) is 0 Å². The number of ether oxygens (including phenoxy) is 1. The van der Waals surface area contributed by atoms with E-state index >= 15 is 0 Å². The van der Waals surface area contributed by atoms with Crippen LogP contribution in [0.5, 0.6) is 0 Å². The molecule has 0 heterocycles. The van der Waals surface area contributed by atoms with Crippen molar-refractivity contribution >= 4 is 32.8 Å². The highest BCUT2D eigenvalue weighted by Crippen LogP contribution is 2.04. The van der Waals surface area contributed by atoms with Crippen molar-refractivity contribution in [3.8, 4) is 0 Å². The summed E-state index contributed by atoms with van der Waals surface area (Å²) in [5, 5.41) is 12.9. The first-order valence-electron chi connectivity index (χ1n) is 5.09. The predicted molar refractivity (Wildman–Crippen MR) is 68.7 cm³/mol. The summed E-state index contributed by atoms with van der Waals surface area (Å²) in [6, 6.07) is -0.444. The maximum atomic E-state index is 11.3. The molecular formula is C9H19ClN3O2P. The molecule has 0 amide bonds. The van der Waals surface area contributed by atoms with Crippen LogP contribution in [0.1, 0.15) is 26.2 Å². The summed E-state index contributed by atoms with van der Waals surface area (Å²) in [6.45, 7) is 2.45. The molecule has 0 bridgehead atoms. The molecule has 0 saturated heterocycles. The maximum Gasteiger partial charge on any atom is 0.324 e. The average Bonchev–Trinajstić information content (AvgIpc) is 2.23. The zero-order chi connectivity index (χ0) is 12.4. The molecule has 94 valence electrons. The number of amidine groups is 1. The first-order valence-corrected chi connectivity index (χ1v) is 6.20. The number of halogens is 1. The second-order valence-corrected chi connectivity index (χ2v) is 3.89. The van der Waals surface area contributed by atoms with Crippen molar-refractivity contribution in [3.05, 3.63) is 0 Å². The molecule has 0 aliphatic rings. The minimum absolute atomic E-state index is 0.115. The molecular weight excluding hydrogens is 249 g/mol. The van der Waals surface area contributed by atoms with Crippen molar-refractivity contribution in [1.29, 1.82) is 5.41 Å². The Hall–Kier alpha value is -0.380. The second kappa shape index (κ2) is 9.82. The van der Waals surface area contributed by atoms with Crippen LogP contribution in [0.3, 0.4) is 0 Å². The van der Waals surface area contributed by atoms with Crippen LogP contribution in [0.15, 0.2) is 0 Å². The molecule has 0 fully saturated rings.